The molecule has 0 aromatic heterocycles. The van der Waals surface area contributed by atoms with Crippen LogP contribution in [0.2, 0.25) is 0 Å². The predicted molar refractivity (Wildman–Crippen MR) is 121 cm³/mol. The van der Waals surface area contributed by atoms with Gasteiger partial charge in [-0.05, 0) is 67.6 Å². The van der Waals surface area contributed by atoms with Gasteiger partial charge in [-0.25, -0.2) is 12.8 Å². The van der Waals surface area contributed by atoms with Gasteiger partial charge in [-0.1, -0.05) is 19.9 Å². The number of sulfonamides is 1. The Morgan fingerprint density at radius 2 is 1.84 bits per heavy atom. The summed E-state index contributed by atoms with van der Waals surface area (Å²) in [6.45, 7) is 8.43. The Bertz CT molecular complexity index is 1160. The second-order valence-electron chi connectivity index (χ2n) is 8.53. The number of hydrogen-bond donors (Lipinski definition) is 2. The van der Waals surface area contributed by atoms with Crippen molar-refractivity contribution >= 4 is 33.2 Å². The average molecular weight is 462 g/mol. The van der Waals surface area contributed by atoms with E-state index in [0.29, 0.717) is 17.7 Å². The number of fused-ring (bicyclic) bond motifs is 1. The fourth-order valence-corrected chi connectivity index (χ4v) is 5.27. The third-order valence-corrected chi connectivity index (χ3v) is 7.03. The van der Waals surface area contributed by atoms with E-state index in [4.69, 9.17) is 0 Å². The minimum absolute atomic E-state index is 0.0219. The van der Waals surface area contributed by atoms with Gasteiger partial charge in [0.15, 0.2) is 0 Å². The minimum atomic E-state index is -4.02. The molecule has 2 aromatic carbocycles. The molecule has 0 fully saturated rings. The Hall–Kier alpha value is -2.78. The number of hydrogen-bond acceptors (Lipinski definition) is 4. The van der Waals surface area contributed by atoms with Crippen LogP contribution in [0, 0.1) is 18.7 Å². The highest BCUT2D eigenvalue weighted by atomic mass is 32.2. The number of nitrogens with one attached hydrogen (secondary N) is 2. The van der Waals surface area contributed by atoms with Gasteiger partial charge in [-0.15, -0.1) is 0 Å². The van der Waals surface area contributed by atoms with Gasteiger partial charge in [0.05, 0.1) is 4.90 Å². The molecule has 172 valence electrons. The zero-order valence-corrected chi connectivity index (χ0v) is 19.6. The van der Waals surface area contributed by atoms with Gasteiger partial charge in [-0.3, -0.25) is 9.59 Å². The standard InChI is InChI=1S/C23H28FN3O4S/c1-13(2)22(23(29)25-18-7-6-14(3)20(24)12-18)26-32(30,31)19-8-9-21-17(11-19)10-15(4)27(21)16(5)28/h6-9,11-13,15,22,26H,10H2,1-5H3,(H,25,29)/t15-,22+/m0/s1. The lowest BCUT2D eigenvalue weighted by Crippen LogP contribution is -2.47. The number of aryl methyl sites for hydroxylation is 1. The van der Waals surface area contributed by atoms with Crippen LogP contribution >= 0.6 is 0 Å². The molecule has 9 heteroatoms. The highest BCUT2D eigenvalue weighted by Crippen LogP contribution is 2.34. The molecule has 0 radical (unpaired) electrons. The number of amides is 2. The van der Waals surface area contributed by atoms with E-state index in [1.807, 2.05) is 6.92 Å². The summed E-state index contributed by atoms with van der Waals surface area (Å²) in [7, 11) is -4.02. The van der Waals surface area contributed by atoms with Crippen molar-refractivity contribution in [2.45, 2.75) is 58.0 Å². The summed E-state index contributed by atoms with van der Waals surface area (Å²) in [6.07, 6.45) is 0.547. The molecule has 32 heavy (non-hydrogen) atoms. The number of benzene rings is 2. The van der Waals surface area contributed by atoms with Crippen molar-refractivity contribution in [3.63, 3.8) is 0 Å². The summed E-state index contributed by atoms with van der Waals surface area (Å²) < 4.78 is 42.4. The Balaban J connectivity index is 1.83. The van der Waals surface area contributed by atoms with Crippen molar-refractivity contribution in [2.24, 2.45) is 5.92 Å². The lowest BCUT2D eigenvalue weighted by Gasteiger charge is -2.22. The summed E-state index contributed by atoms with van der Waals surface area (Å²) in [5, 5.41) is 2.58. The topological polar surface area (TPSA) is 95.6 Å². The maximum atomic E-state index is 13.8. The van der Waals surface area contributed by atoms with Crippen molar-refractivity contribution < 1.29 is 22.4 Å². The third kappa shape index (κ3) is 4.83. The summed E-state index contributed by atoms with van der Waals surface area (Å²) in [6, 6.07) is 7.76. The van der Waals surface area contributed by atoms with E-state index >= 15 is 0 Å². The number of carbonyl (C=O) groups is 2. The largest absolute Gasteiger partial charge is 0.325 e. The highest BCUT2D eigenvalue weighted by Gasteiger charge is 2.32. The molecule has 2 N–H and O–H groups in total. The zero-order chi connectivity index (χ0) is 23.8. The Morgan fingerprint density at radius 1 is 1.16 bits per heavy atom. The van der Waals surface area contributed by atoms with Crippen LogP contribution in [-0.2, 0) is 26.0 Å². The first kappa shape index (κ1) is 23.9. The van der Waals surface area contributed by atoms with E-state index in [-0.39, 0.29) is 28.4 Å². The fourth-order valence-electron chi connectivity index (χ4n) is 3.87. The van der Waals surface area contributed by atoms with E-state index < -0.39 is 27.8 Å². The van der Waals surface area contributed by atoms with E-state index in [2.05, 4.69) is 10.0 Å². The van der Waals surface area contributed by atoms with Crippen LogP contribution < -0.4 is 14.9 Å². The maximum absolute atomic E-state index is 13.8. The van der Waals surface area contributed by atoms with Crippen molar-refractivity contribution in [1.29, 1.82) is 0 Å². The molecule has 0 saturated carbocycles. The molecule has 2 aromatic rings. The molecule has 0 unspecified atom stereocenters. The van der Waals surface area contributed by atoms with Gasteiger partial charge < -0.3 is 10.2 Å². The number of anilines is 2. The van der Waals surface area contributed by atoms with Crippen LogP contribution in [0.25, 0.3) is 0 Å². The molecule has 3 rings (SSSR count). The monoisotopic (exact) mass is 461 g/mol. The Kier molecular flexibility index (Phi) is 6.71. The Labute approximate surface area is 188 Å². The number of rotatable bonds is 6. The van der Waals surface area contributed by atoms with E-state index in [1.54, 1.807) is 43.9 Å². The lowest BCUT2D eigenvalue weighted by atomic mass is 10.0. The second-order valence-corrected chi connectivity index (χ2v) is 10.2. The summed E-state index contributed by atoms with van der Waals surface area (Å²) in [4.78, 5) is 26.4. The van der Waals surface area contributed by atoms with Crippen molar-refractivity contribution in [2.75, 3.05) is 10.2 Å². The van der Waals surface area contributed by atoms with Crippen LogP contribution in [0.4, 0.5) is 15.8 Å². The lowest BCUT2D eigenvalue weighted by molar-refractivity contribution is -0.118. The van der Waals surface area contributed by atoms with Crippen LogP contribution in [0.5, 0.6) is 0 Å². The molecule has 0 bridgehead atoms. The molecular formula is C23H28FN3O4S. The number of nitrogens with zero attached hydrogens (tertiary/aromatic N) is 1. The summed E-state index contributed by atoms with van der Waals surface area (Å²) in [5.74, 6) is -1.50. The van der Waals surface area contributed by atoms with Gasteiger partial charge in [0.1, 0.15) is 11.9 Å². The second kappa shape index (κ2) is 8.99. The van der Waals surface area contributed by atoms with Crippen molar-refractivity contribution in [3.8, 4) is 0 Å². The number of carbonyl (C=O) groups excluding carboxylic acids is 2. The quantitative estimate of drug-likeness (QED) is 0.690. The molecule has 1 heterocycles. The van der Waals surface area contributed by atoms with Gasteiger partial charge in [0, 0.05) is 24.3 Å². The maximum Gasteiger partial charge on any atom is 0.242 e. The Morgan fingerprint density at radius 3 is 2.44 bits per heavy atom. The van der Waals surface area contributed by atoms with Gasteiger partial charge in [0.25, 0.3) is 0 Å². The van der Waals surface area contributed by atoms with E-state index in [1.165, 1.54) is 25.1 Å². The predicted octanol–water partition coefficient (Wildman–Crippen LogP) is 3.37. The zero-order valence-electron chi connectivity index (χ0n) is 18.8. The fraction of sp³-hybridized carbons (Fsp3) is 0.391. The molecule has 7 nitrogen and oxygen atoms in total. The molecule has 2 atom stereocenters. The van der Waals surface area contributed by atoms with E-state index in [0.717, 1.165) is 5.56 Å². The highest BCUT2D eigenvalue weighted by molar-refractivity contribution is 7.89. The minimum Gasteiger partial charge on any atom is -0.325 e. The molecule has 0 spiro atoms. The first-order valence-corrected chi connectivity index (χ1v) is 11.9. The first-order valence-electron chi connectivity index (χ1n) is 10.4. The van der Waals surface area contributed by atoms with E-state index in [9.17, 15) is 22.4 Å². The van der Waals surface area contributed by atoms with Crippen LogP contribution in [0.3, 0.4) is 0 Å². The molecule has 0 saturated heterocycles. The molecular weight excluding hydrogens is 433 g/mol. The van der Waals surface area contributed by atoms with Crippen molar-refractivity contribution in [1.82, 2.24) is 4.72 Å². The van der Waals surface area contributed by atoms with Crippen LogP contribution in [-0.4, -0.2) is 32.3 Å². The van der Waals surface area contributed by atoms with Gasteiger partial charge >= 0.3 is 0 Å². The molecule has 1 aliphatic rings. The average Bonchev–Trinajstić information content (AvgIpc) is 3.03. The number of halogens is 1. The molecule has 1 aliphatic heterocycles. The smallest absolute Gasteiger partial charge is 0.242 e. The van der Waals surface area contributed by atoms with Crippen LogP contribution in [0.15, 0.2) is 41.3 Å². The first-order chi connectivity index (χ1) is 14.9. The summed E-state index contributed by atoms with van der Waals surface area (Å²) in [5.41, 5.74) is 2.15. The van der Waals surface area contributed by atoms with Crippen LogP contribution in [0.1, 0.15) is 38.8 Å². The SMILES string of the molecule is CC(=O)N1c2ccc(S(=O)(=O)N[C@@H](C(=O)Nc3ccc(C)c(F)c3)C(C)C)cc2C[C@@H]1C. The molecule has 0 aliphatic carbocycles. The summed E-state index contributed by atoms with van der Waals surface area (Å²) >= 11 is 0. The van der Waals surface area contributed by atoms with Gasteiger partial charge in [0.2, 0.25) is 21.8 Å². The molecule has 2 amide bonds. The third-order valence-electron chi connectivity index (χ3n) is 5.59. The van der Waals surface area contributed by atoms with Gasteiger partial charge in [-0.2, -0.15) is 4.72 Å². The van der Waals surface area contributed by atoms with Crippen molar-refractivity contribution in [3.05, 3.63) is 53.3 Å². The normalized spacial score (nSPS) is 16.7.